The van der Waals surface area contributed by atoms with Crippen molar-refractivity contribution in [1.82, 2.24) is 9.55 Å². The molecule has 5 heteroatoms. The van der Waals surface area contributed by atoms with Gasteiger partial charge < -0.3 is 14.8 Å². The molecule has 0 amide bonds. The van der Waals surface area contributed by atoms with Crippen molar-refractivity contribution in [3.63, 3.8) is 0 Å². The summed E-state index contributed by atoms with van der Waals surface area (Å²) in [5.74, 6) is 0. The molecular weight excluding hydrogens is 180 g/mol. The van der Waals surface area contributed by atoms with E-state index in [0.29, 0.717) is 12.2 Å². The van der Waals surface area contributed by atoms with Gasteiger partial charge in [-0.3, -0.25) is 0 Å². The van der Waals surface area contributed by atoms with Gasteiger partial charge in [0.25, 0.3) is 0 Å². The highest BCUT2D eigenvalue weighted by atomic mass is 35.5. The summed E-state index contributed by atoms with van der Waals surface area (Å²) in [5.41, 5.74) is 0.474. The molecule has 0 aliphatic carbocycles. The molecule has 0 bridgehead atoms. The van der Waals surface area contributed by atoms with E-state index in [1.165, 1.54) is 6.33 Å². The second kappa shape index (κ2) is 3.89. The van der Waals surface area contributed by atoms with Gasteiger partial charge in [0.1, 0.15) is 6.10 Å². The fourth-order valence-electron chi connectivity index (χ4n) is 1.03. The first-order valence-corrected chi connectivity index (χ1v) is 4.08. The predicted octanol–water partition coefficient (Wildman–Crippen LogP) is 0.582. The molecule has 1 aromatic heterocycles. The number of aryl methyl sites for hydroxylation is 1. The van der Waals surface area contributed by atoms with Gasteiger partial charge in [0.05, 0.1) is 18.6 Å². The Morgan fingerprint density at radius 2 is 2.42 bits per heavy atom. The van der Waals surface area contributed by atoms with Crippen LogP contribution in [0.3, 0.4) is 0 Å². The van der Waals surface area contributed by atoms with Crippen LogP contribution in [0.2, 0.25) is 5.15 Å². The Hall–Kier alpha value is -0.580. The number of halogens is 1. The Morgan fingerprint density at radius 3 is 2.92 bits per heavy atom. The van der Waals surface area contributed by atoms with Gasteiger partial charge in [-0.2, -0.15) is 0 Å². The Labute approximate surface area is 75.4 Å². The lowest BCUT2D eigenvalue weighted by Crippen LogP contribution is -2.09. The molecule has 4 nitrogen and oxygen atoms in total. The summed E-state index contributed by atoms with van der Waals surface area (Å²) < 4.78 is 1.70. The molecule has 1 atom stereocenters. The first-order valence-electron chi connectivity index (χ1n) is 3.70. The zero-order valence-corrected chi connectivity index (χ0v) is 7.49. The molecule has 0 saturated carbocycles. The molecule has 0 radical (unpaired) electrons. The van der Waals surface area contributed by atoms with Crippen molar-refractivity contribution in [3.8, 4) is 0 Å². The number of imidazole rings is 1. The number of aliphatic hydroxyl groups excluding tert-OH is 2. The lowest BCUT2D eigenvalue weighted by molar-refractivity contribution is 0.0894. The standard InChI is InChI=1S/C7H11ClN2O2/c1-2-10-4-9-7(8)6(10)5(12)3-11/h4-5,11-12H,2-3H2,1H3. The van der Waals surface area contributed by atoms with Gasteiger partial charge in [0, 0.05) is 6.54 Å². The molecule has 12 heavy (non-hydrogen) atoms. The minimum absolute atomic E-state index is 0.249. The molecule has 1 unspecified atom stereocenters. The van der Waals surface area contributed by atoms with Gasteiger partial charge in [0.15, 0.2) is 5.15 Å². The Bertz CT molecular complexity index is 262. The quantitative estimate of drug-likeness (QED) is 0.733. The molecule has 0 aliphatic heterocycles. The van der Waals surface area contributed by atoms with Crippen molar-refractivity contribution in [1.29, 1.82) is 0 Å². The van der Waals surface area contributed by atoms with Crippen molar-refractivity contribution in [3.05, 3.63) is 17.2 Å². The van der Waals surface area contributed by atoms with Crippen molar-refractivity contribution >= 4 is 11.6 Å². The second-order valence-corrected chi connectivity index (χ2v) is 2.76. The highest BCUT2D eigenvalue weighted by Crippen LogP contribution is 2.20. The van der Waals surface area contributed by atoms with Crippen molar-refractivity contribution in [2.24, 2.45) is 0 Å². The molecule has 0 fully saturated rings. The maximum Gasteiger partial charge on any atom is 0.153 e. The second-order valence-electron chi connectivity index (χ2n) is 2.41. The van der Waals surface area contributed by atoms with Gasteiger partial charge in [-0.05, 0) is 6.92 Å². The molecule has 68 valence electrons. The van der Waals surface area contributed by atoms with Crippen molar-refractivity contribution in [2.75, 3.05) is 6.61 Å². The minimum atomic E-state index is -0.944. The number of hydrogen-bond donors (Lipinski definition) is 2. The number of hydrogen-bond acceptors (Lipinski definition) is 3. The van der Waals surface area contributed by atoms with Crippen LogP contribution in [0.15, 0.2) is 6.33 Å². The van der Waals surface area contributed by atoms with E-state index in [0.717, 1.165) is 0 Å². The van der Waals surface area contributed by atoms with Gasteiger partial charge >= 0.3 is 0 Å². The van der Waals surface area contributed by atoms with E-state index in [4.69, 9.17) is 16.7 Å². The van der Waals surface area contributed by atoms with Crippen LogP contribution in [-0.4, -0.2) is 26.4 Å². The molecule has 0 aliphatic rings. The van der Waals surface area contributed by atoms with Gasteiger partial charge in [-0.1, -0.05) is 11.6 Å². The third kappa shape index (κ3) is 1.60. The molecule has 2 N–H and O–H groups in total. The van der Waals surface area contributed by atoms with Crippen LogP contribution in [-0.2, 0) is 6.54 Å². The highest BCUT2D eigenvalue weighted by Gasteiger charge is 2.15. The fraction of sp³-hybridized carbons (Fsp3) is 0.571. The largest absolute Gasteiger partial charge is 0.393 e. The van der Waals surface area contributed by atoms with Crippen LogP contribution in [0, 0.1) is 0 Å². The monoisotopic (exact) mass is 190 g/mol. The molecule has 0 aromatic carbocycles. The van der Waals surface area contributed by atoms with Gasteiger partial charge in [-0.25, -0.2) is 4.98 Å². The van der Waals surface area contributed by atoms with E-state index in [1.807, 2.05) is 6.92 Å². The third-order valence-electron chi connectivity index (χ3n) is 1.66. The SMILES string of the molecule is CCn1cnc(Cl)c1C(O)CO. The third-order valence-corrected chi connectivity index (χ3v) is 1.95. The van der Waals surface area contributed by atoms with E-state index in [9.17, 15) is 5.11 Å². The fourth-order valence-corrected chi connectivity index (χ4v) is 1.31. The predicted molar refractivity (Wildman–Crippen MR) is 45.0 cm³/mol. The summed E-state index contributed by atoms with van der Waals surface area (Å²) in [6.45, 7) is 2.24. The van der Waals surface area contributed by atoms with E-state index in [2.05, 4.69) is 4.98 Å². The maximum atomic E-state index is 9.32. The highest BCUT2D eigenvalue weighted by molar-refractivity contribution is 6.30. The number of aliphatic hydroxyl groups is 2. The lowest BCUT2D eigenvalue weighted by Gasteiger charge is -2.09. The van der Waals surface area contributed by atoms with Crippen LogP contribution in [0.4, 0.5) is 0 Å². The summed E-state index contributed by atoms with van der Waals surface area (Å²) in [7, 11) is 0. The van der Waals surface area contributed by atoms with E-state index >= 15 is 0 Å². The van der Waals surface area contributed by atoms with Gasteiger partial charge in [0.2, 0.25) is 0 Å². The minimum Gasteiger partial charge on any atom is -0.393 e. The summed E-state index contributed by atoms with van der Waals surface area (Å²) in [5, 5.41) is 18.3. The Morgan fingerprint density at radius 1 is 1.75 bits per heavy atom. The Balaban J connectivity index is 3.01. The number of nitrogens with zero attached hydrogens (tertiary/aromatic N) is 2. The maximum absolute atomic E-state index is 9.32. The molecule has 0 saturated heterocycles. The summed E-state index contributed by atoms with van der Waals surface area (Å²) in [4.78, 5) is 3.81. The molecule has 0 spiro atoms. The van der Waals surface area contributed by atoms with Crippen LogP contribution in [0.5, 0.6) is 0 Å². The van der Waals surface area contributed by atoms with Gasteiger partial charge in [-0.15, -0.1) is 0 Å². The zero-order chi connectivity index (χ0) is 9.14. The molecule has 1 rings (SSSR count). The molecular formula is C7H11ClN2O2. The van der Waals surface area contributed by atoms with Crippen LogP contribution >= 0.6 is 11.6 Å². The average Bonchev–Trinajstić information content (AvgIpc) is 2.45. The van der Waals surface area contributed by atoms with E-state index in [-0.39, 0.29) is 11.8 Å². The van der Waals surface area contributed by atoms with E-state index in [1.54, 1.807) is 4.57 Å². The summed E-state index contributed by atoms with van der Waals surface area (Å²) in [6.07, 6.45) is 0.594. The first kappa shape index (κ1) is 9.51. The number of aromatic nitrogens is 2. The van der Waals surface area contributed by atoms with Crippen molar-refractivity contribution in [2.45, 2.75) is 19.6 Å². The van der Waals surface area contributed by atoms with E-state index < -0.39 is 6.10 Å². The van der Waals surface area contributed by atoms with Crippen LogP contribution in [0.25, 0.3) is 0 Å². The van der Waals surface area contributed by atoms with Crippen LogP contribution < -0.4 is 0 Å². The first-order chi connectivity index (χ1) is 5.70. The lowest BCUT2D eigenvalue weighted by atomic mass is 10.3. The van der Waals surface area contributed by atoms with Crippen molar-refractivity contribution < 1.29 is 10.2 Å². The average molecular weight is 191 g/mol. The Kier molecular flexibility index (Phi) is 3.08. The normalized spacial score (nSPS) is 13.3. The van der Waals surface area contributed by atoms with Crippen LogP contribution in [0.1, 0.15) is 18.7 Å². The summed E-state index contributed by atoms with van der Waals surface area (Å²) in [6, 6.07) is 0. The zero-order valence-electron chi connectivity index (χ0n) is 6.74. The number of rotatable bonds is 3. The summed E-state index contributed by atoms with van der Waals surface area (Å²) >= 11 is 5.69. The molecule has 1 aromatic rings. The topological polar surface area (TPSA) is 58.3 Å². The smallest absolute Gasteiger partial charge is 0.153 e. The molecule has 1 heterocycles.